The van der Waals surface area contributed by atoms with Gasteiger partial charge in [-0.2, -0.15) is 0 Å². The summed E-state index contributed by atoms with van der Waals surface area (Å²) in [4.78, 5) is 0. The van der Waals surface area contributed by atoms with Crippen LogP contribution in [-0.2, 0) is 16.8 Å². The van der Waals surface area contributed by atoms with Crippen LogP contribution in [0.1, 0.15) is 13.8 Å². The fraction of sp³-hybridized carbons (Fsp3) is 0.143. The van der Waals surface area contributed by atoms with Crippen molar-refractivity contribution >= 4 is 0 Å². The molecule has 0 unspecified atom stereocenters. The minimum Gasteiger partial charge on any atom is -0.875 e. The molecule has 0 heterocycles. The molecule has 0 fully saturated rings. The Bertz CT molecular complexity index is 357. The standard InChI is InChI=1S/2C7H8O.Co/c2*1-6(8)7-4-2-3-5-7;/h2*2-5,8H,1H3;/q;;+2/p-2. The molecule has 0 aromatic heterocycles. The molecule has 0 aliphatic heterocycles. The second kappa shape index (κ2) is 7.76. The zero-order valence-electron chi connectivity index (χ0n) is 9.77. The maximum atomic E-state index is 10.5. The molecule has 2 aliphatic carbocycles. The van der Waals surface area contributed by atoms with Crippen molar-refractivity contribution in [1.29, 1.82) is 0 Å². The second-order valence-corrected chi connectivity index (χ2v) is 3.46. The van der Waals surface area contributed by atoms with Gasteiger partial charge in [-0.05, 0) is 11.1 Å². The molecule has 0 saturated carbocycles. The van der Waals surface area contributed by atoms with E-state index in [1.807, 2.05) is 48.6 Å². The Labute approximate surface area is 112 Å². The van der Waals surface area contributed by atoms with Crippen molar-refractivity contribution in [2.45, 2.75) is 13.8 Å². The Morgan fingerprint density at radius 3 is 1.06 bits per heavy atom. The molecule has 2 rings (SSSR count). The molecule has 1 radical (unpaired) electrons. The topological polar surface area (TPSA) is 46.1 Å². The molecule has 0 aromatic rings. The van der Waals surface area contributed by atoms with E-state index in [9.17, 15) is 10.2 Å². The van der Waals surface area contributed by atoms with E-state index in [1.165, 1.54) is 0 Å². The SMILES string of the molecule is CC([O-])=C1C=CC=C1.CC([O-])=C1C=CC=C1.[Co+2]. The fourth-order valence-corrected chi connectivity index (χ4v) is 1.22. The zero-order chi connectivity index (χ0) is 12.0. The van der Waals surface area contributed by atoms with Gasteiger partial charge in [0.25, 0.3) is 0 Å². The largest absolute Gasteiger partial charge is 2.00 e. The zero-order valence-corrected chi connectivity index (χ0v) is 10.8. The molecular weight excluding hydrogens is 259 g/mol. The van der Waals surface area contributed by atoms with Gasteiger partial charge in [-0.3, -0.25) is 0 Å². The first-order valence-corrected chi connectivity index (χ1v) is 5.06. The molecule has 17 heavy (non-hydrogen) atoms. The molecule has 0 N–H and O–H groups in total. The number of rotatable bonds is 0. The molecule has 2 nitrogen and oxygen atoms in total. The maximum absolute atomic E-state index is 10.5. The van der Waals surface area contributed by atoms with Crippen molar-refractivity contribution in [3.05, 3.63) is 71.3 Å². The minimum absolute atomic E-state index is 0. The third kappa shape index (κ3) is 5.42. The Kier molecular flexibility index (Phi) is 7.10. The van der Waals surface area contributed by atoms with E-state index in [1.54, 1.807) is 13.8 Å². The van der Waals surface area contributed by atoms with Gasteiger partial charge in [0.1, 0.15) is 0 Å². The third-order valence-corrected chi connectivity index (χ3v) is 2.14. The predicted octanol–water partition coefficient (Wildman–Crippen LogP) is 1.49. The third-order valence-electron chi connectivity index (χ3n) is 2.14. The first kappa shape index (κ1) is 15.5. The van der Waals surface area contributed by atoms with Gasteiger partial charge in [0.2, 0.25) is 0 Å². The Morgan fingerprint density at radius 1 is 0.706 bits per heavy atom. The van der Waals surface area contributed by atoms with Gasteiger partial charge in [-0.25, -0.2) is 0 Å². The maximum Gasteiger partial charge on any atom is 2.00 e. The molecule has 0 spiro atoms. The first-order chi connectivity index (χ1) is 7.61. The molecule has 91 valence electrons. The van der Waals surface area contributed by atoms with E-state index >= 15 is 0 Å². The average molecular weight is 273 g/mol. The quantitative estimate of drug-likeness (QED) is 0.628. The first-order valence-electron chi connectivity index (χ1n) is 5.06. The fourth-order valence-electron chi connectivity index (χ4n) is 1.22. The minimum atomic E-state index is 0. The summed E-state index contributed by atoms with van der Waals surface area (Å²) < 4.78 is 0. The van der Waals surface area contributed by atoms with Crippen molar-refractivity contribution in [2.24, 2.45) is 0 Å². The van der Waals surface area contributed by atoms with E-state index in [2.05, 4.69) is 0 Å². The van der Waals surface area contributed by atoms with E-state index in [0.717, 1.165) is 11.1 Å². The Morgan fingerprint density at radius 2 is 0.941 bits per heavy atom. The van der Waals surface area contributed by atoms with Gasteiger partial charge in [-0.1, -0.05) is 62.5 Å². The van der Waals surface area contributed by atoms with Crippen molar-refractivity contribution < 1.29 is 27.0 Å². The van der Waals surface area contributed by atoms with Crippen LogP contribution in [0.4, 0.5) is 0 Å². The van der Waals surface area contributed by atoms with Crippen LogP contribution in [0.2, 0.25) is 0 Å². The van der Waals surface area contributed by atoms with Crippen LogP contribution in [0.5, 0.6) is 0 Å². The van der Waals surface area contributed by atoms with Crippen molar-refractivity contribution in [3.63, 3.8) is 0 Å². The van der Waals surface area contributed by atoms with Gasteiger partial charge in [0.05, 0.1) is 0 Å². The van der Waals surface area contributed by atoms with Crippen LogP contribution in [0.3, 0.4) is 0 Å². The Hall–Kier alpha value is -1.45. The summed E-state index contributed by atoms with van der Waals surface area (Å²) in [6.45, 7) is 3.13. The number of allylic oxidation sites excluding steroid dienone is 12. The van der Waals surface area contributed by atoms with Crippen molar-refractivity contribution in [3.8, 4) is 0 Å². The summed E-state index contributed by atoms with van der Waals surface area (Å²) >= 11 is 0. The van der Waals surface area contributed by atoms with Gasteiger partial charge in [0, 0.05) is 0 Å². The number of hydrogen-bond acceptors (Lipinski definition) is 2. The predicted molar refractivity (Wildman–Crippen MR) is 62.0 cm³/mol. The van der Waals surface area contributed by atoms with Crippen molar-refractivity contribution in [1.82, 2.24) is 0 Å². The van der Waals surface area contributed by atoms with Crippen LogP contribution in [-0.4, -0.2) is 0 Å². The molecule has 0 atom stereocenters. The smallest absolute Gasteiger partial charge is 0.875 e. The molecule has 0 amide bonds. The molecule has 0 aromatic carbocycles. The molecule has 2 aliphatic rings. The van der Waals surface area contributed by atoms with Gasteiger partial charge >= 0.3 is 16.8 Å². The number of hydrogen-bond donors (Lipinski definition) is 0. The van der Waals surface area contributed by atoms with E-state index in [4.69, 9.17) is 0 Å². The van der Waals surface area contributed by atoms with Crippen molar-refractivity contribution in [2.75, 3.05) is 0 Å². The summed E-state index contributed by atoms with van der Waals surface area (Å²) in [7, 11) is 0. The van der Waals surface area contributed by atoms with Gasteiger partial charge in [-0.15, -0.1) is 11.5 Å². The normalized spacial score (nSPS) is 14.5. The van der Waals surface area contributed by atoms with Gasteiger partial charge in [0.15, 0.2) is 0 Å². The van der Waals surface area contributed by atoms with E-state index < -0.39 is 0 Å². The summed E-state index contributed by atoms with van der Waals surface area (Å²) in [6.07, 6.45) is 14.7. The van der Waals surface area contributed by atoms with Crippen LogP contribution in [0.15, 0.2) is 71.3 Å². The summed E-state index contributed by atoms with van der Waals surface area (Å²) in [6, 6.07) is 0. The summed E-state index contributed by atoms with van der Waals surface area (Å²) in [5, 5.41) is 21.0. The average Bonchev–Trinajstić information content (AvgIpc) is 2.93. The van der Waals surface area contributed by atoms with Gasteiger partial charge < -0.3 is 10.2 Å². The van der Waals surface area contributed by atoms with Crippen LogP contribution >= 0.6 is 0 Å². The van der Waals surface area contributed by atoms with Crippen LogP contribution in [0, 0.1) is 0 Å². The Balaban J connectivity index is 0.000000284. The van der Waals surface area contributed by atoms with E-state index in [0.29, 0.717) is 0 Å². The molecule has 0 saturated heterocycles. The molecular formula is C14H14CoO2. The second-order valence-electron chi connectivity index (χ2n) is 3.46. The van der Waals surface area contributed by atoms with Crippen LogP contribution in [0.25, 0.3) is 0 Å². The van der Waals surface area contributed by atoms with E-state index in [-0.39, 0.29) is 28.3 Å². The molecule has 3 heteroatoms. The van der Waals surface area contributed by atoms with Crippen LogP contribution < -0.4 is 10.2 Å². The molecule has 0 bridgehead atoms. The summed E-state index contributed by atoms with van der Waals surface area (Å²) in [5.41, 5.74) is 1.59. The monoisotopic (exact) mass is 273 g/mol. The summed E-state index contributed by atoms with van der Waals surface area (Å²) in [5.74, 6) is 0.269.